The lowest BCUT2D eigenvalue weighted by atomic mass is 10.1. The third-order valence-corrected chi connectivity index (χ3v) is 4.95. The van der Waals surface area contributed by atoms with E-state index < -0.39 is 0 Å². The van der Waals surface area contributed by atoms with Gasteiger partial charge in [-0.1, -0.05) is 43.2 Å². The summed E-state index contributed by atoms with van der Waals surface area (Å²) < 4.78 is 13.7. The number of carbonyl (C=O) groups is 2. The highest BCUT2D eigenvalue weighted by Crippen LogP contribution is 2.22. The number of imide groups is 1. The fraction of sp³-hybridized carbons (Fsp3) is 0.364. The maximum atomic E-state index is 13.7. The van der Waals surface area contributed by atoms with Crippen LogP contribution in [0.4, 0.5) is 4.39 Å². The molecule has 4 nitrogen and oxygen atoms in total. The van der Waals surface area contributed by atoms with Gasteiger partial charge in [-0.25, -0.2) is 4.39 Å². The molecule has 150 valence electrons. The van der Waals surface area contributed by atoms with Crippen LogP contribution in [0.3, 0.4) is 0 Å². The predicted molar refractivity (Wildman–Crippen MR) is 110 cm³/mol. The van der Waals surface area contributed by atoms with E-state index in [2.05, 4.69) is 4.90 Å². The molecule has 0 atom stereocenters. The monoisotopic (exact) mass is 404 g/mol. The third-order valence-electron chi connectivity index (χ3n) is 4.95. The summed E-state index contributed by atoms with van der Waals surface area (Å²) in [5.74, 6) is -0.522. The molecule has 2 aromatic rings. The number of unbranched alkanes of at least 4 members (excludes halogenated alkanes) is 3. The number of carbonyl (C=O) groups excluding carboxylic acids is 2. The molecule has 0 aromatic heterocycles. The zero-order chi connectivity index (χ0) is 19.2. The lowest BCUT2D eigenvalue weighted by molar-refractivity contribution is 0.0651. The lowest BCUT2D eigenvalue weighted by Gasteiger charge is -2.17. The largest absolute Gasteiger partial charge is 0.302 e. The quantitative estimate of drug-likeness (QED) is 0.455. The Morgan fingerprint density at radius 2 is 1.43 bits per heavy atom. The molecule has 1 heterocycles. The second-order valence-electron chi connectivity index (χ2n) is 7.05. The molecule has 6 heteroatoms. The zero-order valence-electron chi connectivity index (χ0n) is 16.1. The van der Waals surface area contributed by atoms with Gasteiger partial charge in [0.15, 0.2) is 0 Å². The van der Waals surface area contributed by atoms with E-state index in [4.69, 9.17) is 0 Å². The molecule has 0 fully saturated rings. The molecule has 0 bridgehead atoms. The van der Waals surface area contributed by atoms with Gasteiger partial charge in [-0.05, 0) is 44.6 Å². The second-order valence-corrected chi connectivity index (χ2v) is 7.05. The van der Waals surface area contributed by atoms with Gasteiger partial charge < -0.3 is 4.90 Å². The van der Waals surface area contributed by atoms with Crippen molar-refractivity contribution in [2.24, 2.45) is 0 Å². The van der Waals surface area contributed by atoms with E-state index in [0.717, 1.165) is 32.2 Å². The molecule has 0 N–H and O–H groups in total. The number of rotatable bonds is 9. The fourth-order valence-electron chi connectivity index (χ4n) is 3.44. The topological polar surface area (TPSA) is 40.6 Å². The average Bonchev–Trinajstić information content (AvgIpc) is 2.91. The molecule has 2 aromatic carbocycles. The Hall–Kier alpha value is -2.24. The van der Waals surface area contributed by atoms with Crippen LogP contribution in [0.2, 0.25) is 0 Å². The average molecular weight is 405 g/mol. The van der Waals surface area contributed by atoms with Gasteiger partial charge in [0.05, 0.1) is 11.1 Å². The van der Waals surface area contributed by atoms with E-state index in [1.165, 1.54) is 11.0 Å². The van der Waals surface area contributed by atoms with Crippen molar-refractivity contribution in [2.75, 3.05) is 20.1 Å². The van der Waals surface area contributed by atoms with Crippen LogP contribution in [0, 0.1) is 5.82 Å². The van der Waals surface area contributed by atoms with E-state index in [-0.39, 0.29) is 30.0 Å². The number of benzene rings is 2. The van der Waals surface area contributed by atoms with Gasteiger partial charge >= 0.3 is 0 Å². The summed E-state index contributed by atoms with van der Waals surface area (Å²) in [6.45, 7) is 1.96. The minimum absolute atomic E-state index is 0. The molecule has 0 saturated carbocycles. The molecule has 0 unspecified atom stereocenters. The van der Waals surface area contributed by atoms with E-state index >= 15 is 0 Å². The molecule has 0 radical (unpaired) electrons. The van der Waals surface area contributed by atoms with Crippen molar-refractivity contribution in [3.8, 4) is 0 Å². The summed E-state index contributed by atoms with van der Waals surface area (Å²) in [6.07, 6.45) is 3.79. The van der Waals surface area contributed by atoms with Crippen LogP contribution in [0.15, 0.2) is 48.5 Å². The highest BCUT2D eigenvalue weighted by atomic mass is 35.5. The summed E-state index contributed by atoms with van der Waals surface area (Å²) in [5.41, 5.74) is 1.74. The maximum Gasteiger partial charge on any atom is 0.261 e. The van der Waals surface area contributed by atoms with E-state index in [1.54, 1.807) is 30.3 Å². The van der Waals surface area contributed by atoms with Crippen molar-refractivity contribution in [2.45, 2.75) is 32.2 Å². The fourth-order valence-corrected chi connectivity index (χ4v) is 3.44. The van der Waals surface area contributed by atoms with E-state index in [0.29, 0.717) is 29.8 Å². The van der Waals surface area contributed by atoms with Crippen LogP contribution in [0.25, 0.3) is 0 Å². The van der Waals surface area contributed by atoms with E-state index in [9.17, 15) is 14.0 Å². The highest BCUT2D eigenvalue weighted by Gasteiger charge is 2.34. The Labute approximate surface area is 171 Å². The van der Waals surface area contributed by atoms with Gasteiger partial charge in [0.2, 0.25) is 0 Å². The smallest absolute Gasteiger partial charge is 0.261 e. The first kappa shape index (κ1) is 22.1. The predicted octanol–water partition coefficient (Wildman–Crippen LogP) is 4.54. The number of amides is 2. The van der Waals surface area contributed by atoms with Crippen LogP contribution >= 0.6 is 12.4 Å². The van der Waals surface area contributed by atoms with Gasteiger partial charge in [0, 0.05) is 18.7 Å². The van der Waals surface area contributed by atoms with E-state index in [1.807, 2.05) is 19.2 Å². The maximum absolute atomic E-state index is 13.7. The summed E-state index contributed by atoms with van der Waals surface area (Å²) in [6, 6.07) is 13.8. The van der Waals surface area contributed by atoms with Crippen molar-refractivity contribution >= 4 is 24.2 Å². The van der Waals surface area contributed by atoms with Crippen molar-refractivity contribution in [3.05, 3.63) is 71.0 Å². The molecule has 1 aliphatic rings. The molecule has 0 saturated heterocycles. The Bertz CT molecular complexity index is 793. The molecule has 3 rings (SSSR count). The summed E-state index contributed by atoms with van der Waals surface area (Å²) in [7, 11) is 1.99. The third kappa shape index (κ3) is 5.18. The van der Waals surface area contributed by atoms with Crippen molar-refractivity contribution in [1.82, 2.24) is 9.80 Å². The Balaban J connectivity index is 0.00000280. The Morgan fingerprint density at radius 3 is 2.07 bits per heavy atom. The molecule has 0 aliphatic carbocycles. The highest BCUT2D eigenvalue weighted by molar-refractivity contribution is 6.21. The lowest BCUT2D eigenvalue weighted by Crippen LogP contribution is -2.30. The molecule has 0 spiro atoms. The second kappa shape index (κ2) is 10.3. The van der Waals surface area contributed by atoms with Crippen molar-refractivity contribution in [3.63, 3.8) is 0 Å². The van der Waals surface area contributed by atoms with Crippen LogP contribution in [0.5, 0.6) is 0 Å². The first-order chi connectivity index (χ1) is 13.1. The molecule has 28 heavy (non-hydrogen) atoms. The van der Waals surface area contributed by atoms with Gasteiger partial charge in [-0.3, -0.25) is 14.5 Å². The zero-order valence-corrected chi connectivity index (χ0v) is 16.9. The van der Waals surface area contributed by atoms with Gasteiger partial charge in [-0.15, -0.1) is 12.4 Å². The number of hydrogen-bond donors (Lipinski definition) is 0. The Kier molecular flexibility index (Phi) is 8.15. The minimum atomic E-state index is -0.180. The molecule has 2 amide bonds. The van der Waals surface area contributed by atoms with Gasteiger partial charge in [0.1, 0.15) is 5.82 Å². The first-order valence-corrected chi connectivity index (χ1v) is 9.45. The van der Waals surface area contributed by atoms with Crippen LogP contribution in [0.1, 0.15) is 52.0 Å². The SMILES string of the molecule is CN(CCCCCCN1C(=O)c2ccccc2C1=O)Cc1ccccc1F.Cl. The molecule has 1 aliphatic heterocycles. The molecular formula is C22H26ClFN2O2. The van der Waals surface area contributed by atoms with Crippen molar-refractivity contribution in [1.29, 1.82) is 0 Å². The first-order valence-electron chi connectivity index (χ1n) is 9.45. The summed E-state index contributed by atoms with van der Waals surface area (Å²) in [4.78, 5) is 28.0. The van der Waals surface area contributed by atoms with Crippen LogP contribution < -0.4 is 0 Å². The van der Waals surface area contributed by atoms with Crippen LogP contribution in [-0.2, 0) is 6.54 Å². The standard InChI is InChI=1S/C22H25FN2O2.ClH/c1-24(16-17-10-4-7-13-20(17)23)14-8-2-3-9-15-25-21(26)18-11-5-6-12-19(18)22(25)27;/h4-7,10-13H,2-3,8-9,14-16H2,1H3;1H. The molecular weight excluding hydrogens is 379 g/mol. The number of halogens is 2. The van der Waals surface area contributed by atoms with Crippen molar-refractivity contribution < 1.29 is 14.0 Å². The number of hydrogen-bond acceptors (Lipinski definition) is 3. The minimum Gasteiger partial charge on any atom is -0.302 e. The summed E-state index contributed by atoms with van der Waals surface area (Å²) in [5, 5.41) is 0. The van der Waals surface area contributed by atoms with Crippen LogP contribution in [-0.4, -0.2) is 41.8 Å². The number of nitrogens with zero attached hydrogens (tertiary/aromatic N) is 2. The Morgan fingerprint density at radius 1 is 0.857 bits per heavy atom. The summed E-state index contributed by atoms with van der Waals surface area (Å²) >= 11 is 0. The normalized spacial score (nSPS) is 13.0. The van der Waals surface area contributed by atoms with Gasteiger partial charge in [0.25, 0.3) is 11.8 Å². The number of fused-ring (bicyclic) bond motifs is 1. The van der Waals surface area contributed by atoms with Gasteiger partial charge in [-0.2, -0.15) is 0 Å².